The highest BCUT2D eigenvalue weighted by atomic mass is 16.5. The standard InChI is InChI=1S/C56H79N13O9/c1-6-9-10-13-48(70)67-49(36(4)5)53(74)66-44(12-11-24-60-55(58)76)52(73)63-42-18-14-37(15-19-42)35-78-56(77)61-26-25-59-50(71)38-22-29-68(30-23-38)47-21-20-43(34-62-47)64-51(72)40-17-16-39-31-41(33-46(57)65-45(39)32-40)54(75)69(27-7-2)28-8-3/h14-21,31-32,34,36,38,44,49H,6-13,22-30,33,35H2,1-5H3,(H2,57,65)(H,59,71)(H,61,77)(H,63,73)(H,64,72)(H,66,74)(H,67,70)(H3,58,60,76)/t44-,49-/m0/s1. The Morgan fingerprint density at radius 2 is 1.49 bits per heavy atom. The predicted octanol–water partition coefficient (Wildman–Crippen LogP) is 5.61. The molecule has 2 aliphatic heterocycles. The maximum absolute atomic E-state index is 13.5. The molecule has 1 fully saturated rings. The molecule has 3 aromatic rings. The van der Waals surface area contributed by atoms with Gasteiger partial charge in [-0.25, -0.2) is 19.6 Å². The first-order valence-corrected chi connectivity index (χ1v) is 27.2. The van der Waals surface area contributed by atoms with Crippen LogP contribution in [0.25, 0.3) is 6.08 Å². The molecule has 11 N–H and O–H groups in total. The van der Waals surface area contributed by atoms with Crippen molar-refractivity contribution in [1.82, 2.24) is 36.5 Å². The number of fused-ring (bicyclic) bond motifs is 1. The van der Waals surface area contributed by atoms with Crippen LogP contribution in [-0.2, 0) is 35.3 Å². The molecule has 2 atom stereocenters. The highest BCUT2D eigenvalue weighted by Crippen LogP contribution is 2.29. The van der Waals surface area contributed by atoms with E-state index in [0.29, 0.717) is 109 Å². The average molecular weight is 1080 g/mol. The van der Waals surface area contributed by atoms with Crippen LogP contribution in [0.3, 0.4) is 0 Å². The van der Waals surface area contributed by atoms with E-state index in [2.05, 4.69) is 52.1 Å². The molecule has 422 valence electrons. The van der Waals surface area contributed by atoms with Gasteiger partial charge in [0.2, 0.25) is 29.5 Å². The summed E-state index contributed by atoms with van der Waals surface area (Å²) in [5, 5.41) is 19.3. The predicted molar refractivity (Wildman–Crippen MR) is 301 cm³/mol. The molecule has 78 heavy (non-hydrogen) atoms. The van der Waals surface area contributed by atoms with E-state index in [1.54, 1.807) is 68.6 Å². The Morgan fingerprint density at radius 3 is 2.14 bits per heavy atom. The maximum atomic E-state index is 13.5. The van der Waals surface area contributed by atoms with Crippen molar-refractivity contribution in [3.63, 3.8) is 0 Å². The average Bonchev–Trinajstić information content (AvgIpc) is 3.59. The number of aliphatic imine (C=N–C) groups is 1. The smallest absolute Gasteiger partial charge is 0.407 e. The van der Waals surface area contributed by atoms with Crippen LogP contribution >= 0.6 is 0 Å². The molecule has 1 aromatic heterocycles. The number of benzene rings is 2. The van der Waals surface area contributed by atoms with Crippen molar-refractivity contribution in [2.24, 2.45) is 28.3 Å². The molecular formula is C56H79N13O9. The van der Waals surface area contributed by atoms with Gasteiger partial charge < -0.3 is 63.2 Å². The lowest BCUT2D eigenvalue weighted by molar-refractivity contribution is -0.132. The lowest BCUT2D eigenvalue weighted by Crippen LogP contribution is -2.54. The molecule has 22 heteroatoms. The highest BCUT2D eigenvalue weighted by Gasteiger charge is 2.30. The molecule has 0 unspecified atom stereocenters. The number of pyridine rings is 1. The number of aromatic nitrogens is 1. The van der Waals surface area contributed by atoms with Gasteiger partial charge in [0.15, 0.2) is 0 Å². The fourth-order valence-corrected chi connectivity index (χ4v) is 8.92. The number of carbonyl (C=O) groups is 8. The number of amidine groups is 1. The van der Waals surface area contributed by atoms with Gasteiger partial charge >= 0.3 is 12.1 Å². The second kappa shape index (κ2) is 31.2. The zero-order valence-electron chi connectivity index (χ0n) is 45.7. The van der Waals surface area contributed by atoms with Crippen LogP contribution in [0.2, 0.25) is 0 Å². The van der Waals surface area contributed by atoms with Crippen LogP contribution < -0.4 is 53.6 Å². The van der Waals surface area contributed by atoms with Crippen LogP contribution in [0, 0.1) is 11.8 Å². The van der Waals surface area contributed by atoms with Gasteiger partial charge in [-0.2, -0.15) is 0 Å². The molecule has 5 rings (SSSR count). The molecule has 2 aromatic carbocycles. The molecular weight excluding hydrogens is 999 g/mol. The van der Waals surface area contributed by atoms with Gasteiger partial charge in [-0.05, 0) is 98.9 Å². The molecule has 0 aliphatic carbocycles. The first kappa shape index (κ1) is 60.8. The fraction of sp³-hybridized carbons (Fsp3) is 0.500. The summed E-state index contributed by atoms with van der Waals surface area (Å²) in [6.07, 6.45) is 9.20. The van der Waals surface area contributed by atoms with Gasteiger partial charge in [0.1, 0.15) is 30.3 Å². The van der Waals surface area contributed by atoms with Crippen molar-refractivity contribution in [2.75, 3.05) is 61.3 Å². The van der Waals surface area contributed by atoms with E-state index in [-0.39, 0.29) is 74.5 Å². The second-order valence-corrected chi connectivity index (χ2v) is 19.9. The number of carbonyl (C=O) groups excluding carboxylic acids is 8. The number of urea groups is 1. The van der Waals surface area contributed by atoms with Crippen molar-refractivity contribution in [3.8, 4) is 0 Å². The van der Waals surface area contributed by atoms with E-state index in [4.69, 9.17) is 16.2 Å². The van der Waals surface area contributed by atoms with Crippen molar-refractivity contribution < 1.29 is 43.1 Å². The summed E-state index contributed by atoms with van der Waals surface area (Å²) in [5.41, 5.74) is 15.2. The van der Waals surface area contributed by atoms with Gasteiger partial charge in [0, 0.05) is 87.0 Å². The van der Waals surface area contributed by atoms with E-state index >= 15 is 0 Å². The minimum absolute atomic E-state index is 0.0593. The van der Waals surface area contributed by atoms with Gasteiger partial charge in [0.25, 0.3) is 5.91 Å². The number of anilines is 3. The van der Waals surface area contributed by atoms with E-state index in [1.807, 2.05) is 37.8 Å². The number of hydrogen-bond donors (Lipinski definition) is 9. The summed E-state index contributed by atoms with van der Waals surface area (Å²) in [5.74, 6) is -1.22. The molecule has 2 aliphatic rings. The van der Waals surface area contributed by atoms with Crippen LogP contribution in [0.1, 0.15) is 127 Å². The van der Waals surface area contributed by atoms with Gasteiger partial charge in [-0.1, -0.05) is 65.7 Å². The third-order valence-electron chi connectivity index (χ3n) is 13.2. The quantitative estimate of drug-likeness (QED) is 0.0401. The number of unbranched alkanes of at least 4 members (excludes halogenated alkanes) is 2. The maximum Gasteiger partial charge on any atom is 0.407 e. The Kier molecular flexibility index (Phi) is 24.4. The van der Waals surface area contributed by atoms with Gasteiger partial charge in [0.05, 0.1) is 17.6 Å². The molecule has 0 radical (unpaired) electrons. The van der Waals surface area contributed by atoms with Crippen LogP contribution in [-0.4, -0.2) is 121 Å². The summed E-state index contributed by atoms with van der Waals surface area (Å²) in [7, 11) is 0. The summed E-state index contributed by atoms with van der Waals surface area (Å²) >= 11 is 0. The fourth-order valence-electron chi connectivity index (χ4n) is 8.92. The number of ether oxygens (including phenoxy) is 1. The molecule has 0 spiro atoms. The van der Waals surface area contributed by atoms with Crippen LogP contribution in [0.4, 0.5) is 32.5 Å². The number of rotatable bonds is 28. The third kappa shape index (κ3) is 19.5. The second-order valence-electron chi connectivity index (χ2n) is 19.9. The normalized spacial score (nSPS) is 14.0. The number of alkyl carbamates (subject to hydrolysis) is 1. The summed E-state index contributed by atoms with van der Waals surface area (Å²) in [6.45, 7) is 12.7. The minimum atomic E-state index is -0.994. The topological polar surface area (TPSA) is 314 Å². The number of hydrogen-bond acceptors (Lipinski definition) is 13. The number of amides is 9. The number of nitrogens with zero attached hydrogens (tertiary/aromatic N) is 4. The van der Waals surface area contributed by atoms with Crippen LogP contribution in [0.5, 0.6) is 0 Å². The highest BCUT2D eigenvalue weighted by molar-refractivity contribution is 6.08. The van der Waals surface area contributed by atoms with E-state index in [1.165, 1.54) is 0 Å². The molecule has 3 heterocycles. The Labute approximate surface area is 457 Å². The van der Waals surface area contributed by atoms with E-state index in [0.717, 1.165) is 25.7 Å². The largest absolute Gasteiger partial charge is 0.445 e. The zero-order valence-corrected chi connectivity index (χ0v) is 45.7. The monoisotopic (exact) mass is 1080 g/mol. The Bertz CT molecular complexity index is 2590. The molecule has 1 saturated heterocycles. The number of primary amides is 1. The van der Waals surface area contributed by atoms with Crippen molar-refractivity contribution >= 4 is 82.4 Å². The SMILES string of the molecule is CCCCCC(=O)N[C@H](C(=O)N[C@@H](CCCNC(N)=O)C(=O)Nc1ccc(COC(=O)NCCNC(=O)C2CCN(c3ccc(NC(=O)c4ccc5c(c4)N=C(N)CC(C(=O)N(CCC)CCC)=C5)cn3)CC2)cc1)C(C)C. The Morgan fingerprint density at radius 1 is 0.782 bits per heavy atom. The lowest BCUT2D eigenvalue weighted by atomic mass is 9.96. The van der Waals surface area contributed by atoms with Gasteiger partial charge in [-0.3, -0.25) is 28.8 Å². The van der Waals surface area contributed by atoms with Gasteiger partial charge in [-0.15, -0.1) is 0 Å². The molecule has 0 saturated carbocycles. The third-order valence-corrected chi connectivity index (χ3v) is 13.2. The number of piperidine rings is 1. The molecule has 0 bridgehead atoms. The van der Waals surface area contributed by atoms with Crippen molar-refractivity contribution in [3.05, 3.63) is 83.1 Å². The lowest BCUT2D eigenvalue weighted by Gasteiger charge is -2.32. The summed E-state index contributed by atoms with van der Waals surface area (Å²) in [4.78, 5) is 116. The van der Waals surface area contributed by atoms with Crippen LogP contribution in [0.15, 0.2) is 71.4 Å². The van der Waals surface area contributed by atoms with Crippen molar-refractivity contribution in [2.45, 2.75) is 124 Å². The number of nitrogens with two attached hydrogens (primary N) is 2. The summed E-state index contributed by atoms with van der Waals surface area (Å²) < 4.78 is 5.36. The molecule has 9 amide bonds. The zero-order chi connectivity index (χ0) is 56.6. The van der Waals surface area contributed by atoms with E-state index < -0.39 is 36.0 Å². The minimum Gasteiger partial charge on any atom is -0.445 e. The summed E-state index contributed by atoms with van der Waals surface area (Å²) in [6, 6.07) is 12.8. The Balaban J connectivity index is 1.00. The number of nitrogens with one attached hydrogen (secondary N) is 7. The molecule has 22 nitrogen and oxygen atoms in total. The first-order chi connectivity index (χ1) is 37.5. The first-order valence-electron chi connectivity index (χ1n) is 27.2. The Hall–Kier alpha value is -8.04. The van der Waals surface area contributed by atoms with Crippen molar-refractivity contribution in [1.29, 1.82) is 0 Å². The van der Waals surface area contributed by atoms with E-state index in [9.17, 15) is 38.4 Å².